The molecular weight excluding hydrogens is 445 g/mol. The van der Waals surface area contributed by atoms with E-state index in [4.69, 9.17) is 0 Å². The molecule has 0 heterocycles. The van der Waals surface area contributed by atoms with E-state index in [2.05, 4.69) is 5.32 Å². The van der Waals surface area contributed by atoms with E-state index in [0.29, 0.717) is 13.0 Å². The molecule has 0 radical (unpaired) electrons. The monoisotopic (exact) mass is 477 g/mol. The van der Waals surface area contributed by atoms with Gasteiger partial charge in [0, 0.05) is 13.1 Å². The lowest BCUT2D eigenvalue weighted by Gasteiger charge is -2.32. The van der Waals surface area contributed by atoms with Crippen LogP contribution >= 0.6 is 0 Å². The van der Waals surface area contributed by atoms with E-state index < -0.39 is 34.3 Å². The number of sulfonamides is 1. The first-order chi connectivity index (χ1) is 15.7. The fourth-order valence-corrected chi connectivity index (χ4v) is 4.29. The molecule has 0 saturated carbocycles. The van der Waals surface area contributed by atoms with Crippen molar-refractivity contribution in [3.05, 3.63) is 66.0 Å². The maximum atomic E-state index is 13.8. The minimum atomic E-state index is -3.89. The predicted molar refractivity (Wildman–Crippen MR) is 128 cm³/mol. The highest BCUT2D eigenvalue weighted by molar-refractivity contribution is 7.92. The quantitative estimate of drug-likeness (QED) is 0.475. The highest BCUT2D eigenvalue weighted by atomic mass is 32.2. The Labute approximate surface area is 195 Å². The van der Waals surface area contributed by atoms with E-state index in [9.17, 15) is 22.4 Å². The van der Waals surface area contributed by atoms with Gasteiger partial charge in [-0.3, -0.25) is 13.9 Å². The number of hydrogen-bond acceptors (Lipinski definition) is 4. The van der Waals surface area contributed by atoms with Crippen LogP contribution in [0.15, 0.2) is 54.6 Å². The summed E-state index contributed by atoms with van der Waals surface area (Å²) >= 11 is 0. The van der Waals surface area contributed by atoms with E-state index >= 15 is 0 Å². The largest absolute Gasteiger partial charge is 0.354 e. The molecule has 2 amide bonds. The lowest BCUT2D eigenvalue weighted by Crippen LogP contribution is -2.52. The maximum absolute atomic E-state index is 13.8. The molecule has 2 aromatic rings. The smallest absolute Gasteiger partial charge is 0.244 e. The Hall–Kier alpha value is -2.94. The summed E-state index contributed by atoms with van der Waals surface area (Å²) in [6, 6.07) is 13.5. The van der Waals surface area contributed by atoms with Gasteiger partial charge in [-0.05, 0) is 36.6 Å². The average molecular weight is 478 g/mol. The van der Waals surface area contributed by atoms with Crippen LogP contribution in [-0.2, 0) is 26.2 Å². The highest BCUT2D eigenvalue weighted by Crippen LogP contribution is 2.20. The first-order valence-electron chi connectivity index (χ1n) is 11.0. The third-order valence-electron chi connectivity index (χ3n) is 5.19. The average Bonchev–Trinajstić information content (AvgIpc) is 2.77. The summed E-state index contributed by atoms with van der Waals surface area (Å²) in [5, 5.41) is 2.86. The third-order valence-corrected chi connectivity index (χ3v) is 6.33. The number of halogens is 1. The predicted octanol–water partition coefficient (Wildman–Crippen LogP) is 3.32. The van der Waals surface area contributed by atoms with Crippen molar-refractivity contribution >= 4 is 27.5 Å². The first kappa shape index (κ1) is 26.3. The third kappa shape index (κ3) is 7.85. The van der Waals surface area contributed by atoms with Crippen molar-refractivity contribution < 1.29 is 22.4 Å². The summed E-state index contributed by atoms with van der Waals surface area (Å²) in [5.41, 5.74) is 0.855. The van der Waals surface area contributed by atoms with Crippen molar-refractivity contribution in [1.29, 1.82) is 0 Å². The standard InChI is InChI=1S/C24H32FN3O4S/c1-4-6-15-26-24(30)22(5-2)27(17-19-11-8-7-9-12-19)23(29)18-28(33(3,31)32)21-14-10-13-20(25)16-21/h7-14,16,22H,4-6,15,17-18H2,1-3H3,(H,26,30)/t22-/m1/s1. The molecule has 1 atom stereocenters. The number of carbonyl (C=O) groups excluding carboxylic acids is 2. The van der Waals surface area contributed by atoms with Gasteiger partial charge in [-0.25, -0.2) is 12.8 Å². The van der Waals surface area contributed by atoms with Crippen LogP contribution in [0.25, 0.3) is 0 Å². The Morgan fingerprint density at radius 1 is 1.06 bits per heavy atom. The van der Waals surface area contributed by atoms with Crippen molar-refractivity contribution in [1.82, 2.24) is 10.2 Å². The Morgan fingerprint density at radius 2 is 1.76 bits per heavy atom. The molecule has 9 heteroatoms. The van der Waals surface area contributed by atoms with Crippen LogP contribution in [0, 0.1) is 5.82 Å². The molecule has 0 aliphatic heterocycles. The summed E-state index contributed by atoms with van der Waals surface area (Å²) in [5.74, 6) is -1.45. The van der Waals surface area contributed by atoms with Gasteiger partial charge in [0.25, 0.3) is 0 Å². The number of rotatable bonds is 12. The van der Waals surface area contributed by atoms with Crippen LogP contribution in [0.5, 0.6) is 0 Å². The Kier molecular flexibility index (Phi) is 9.84. The molecule has 0 aliphatic carbocycles. The molecule has 2 aromatic carbocycles. The summed E-state index contributed by atoms with van der Waals surface area (Å²) in [4.78, 5) is 27.7. The van der Waals surface area contributed by atoms with Crippen LogP contribution < -0.4 is 9.62 Å². The van der Waals surface area contributed by atoms with Gasteiger partial charge in [-0.1, -0.05) is 56.7 Å². The SMILES string of the molecule is CCCCNC(=O)[C@@H](CC)N(Cc1ccccc1)C(=O)CN(c1cccc(F)c1)S(C)(=O)=O. The van der Waals surface area contributed by atoms with Gasteiger partial charge in [0.15, 0.2) is 0 Å². The molecule has 2 rings (SSSR count). The summed E-state index contributed by atoms with van der Waals surface area (Å²) in [6.07, 6.45) is 3.05. The van der Waals surface area contributed by atoms with E-state index in [1.165, 1.54) is 23.1 Å². The normalized spacial score (nSPS) is 12.1. The Bertz CT molecular complexity index is 1030. The topological polar surface area (TPSA) is 86.8 Å². The van der Waals surface area contributed by atoms with Crippen molar-refractivity contribution in [3.8, 4) is 0 Å². The summed E-state index contributed by atoms with van der Waals surface area (Å²) in [6.45, 7) is 3.91. The number of anilines is 1. The minimum Gasteiger partial charge on any atom is -0.354 e. The zero-order valence-electron chi connectivity index (χ0n) is 19.3. The number of carbonyl (C=O) groups is 2. The van der Waals surface area contributed by atoms with Crippen LogP contribution in [0.3, 0.4) is 0 Å². The van der Waals surface area contributed by atoms with Crippen LogP contribution in [-0.4, -0.2) is 50.5 Å². The van der Waals surface area contributed by atoms with E-state index in [-0.39, 0.29) is 18.1 Å². The second-order valence-corrected chi connectivity index (χ2v) is 9.73. The molecule has 0 saturated heterocycles. The number of benzene rings is 2. The zero-order valence-corrected chi connectivity index (χ0v) is 20.1. The number of amides is 2. The molecule has 0 aromatic heterocycles. The molecule has 180 valence electrons. The second kappa shape index (κ2) is 12.3. The number of nitrogens with one attached hydrogen (secondary N) is 1. The number of nitrogens with zero attached hydrogens (tertiary/aromatic N) is 2. The van der Waals surface area contributed by atoms with Gasteiger partial charge < -0.3 is 10.2 Å². The Balaban J connectivity index is 2.37. The van der Waals surface area contributed by atoms with E-state index in [0.717, 1.165) is 35.0 Å². The lowest BCUT2D eigenvalue weighted by atomic mass is 10.1. The van der Waals surface area contributed by atoms with Crippen LogP contribution in [0.1, 0.15) is 38.7 Å². The summed E-state index contributed by atoms with van der Waals surface area (Å²) < 4.78 is 39.5. The molecule has 0 bridgehead atoms. The lowest BCUT2D eigenvalue weighted by molar-refractivity contribution is -0.140. The van der Waals surface area contributed by atoms with Gasteiger partial charge >= 0.3 is 0 Å². The van der Waals surface area contributed by atoms with Crippen LogP contribution in [0.4, 0.5) is 10.1 Å². The van der Waals surface area contributed by atoms with Gasteiger partial charge in [-0.2, -0.15) is 0 Å². The van der Waals surface area contributed by atoms with E-state index in [1.54, 1.807) is 6.92 Å². The molecule has 0 fully saturated rings. The molecule has 0 aliphatic rings. The van der Waals surface area contributed by atoms with Gasteiger partial charge in [-0.15, -0.1) is 0 Å². The molecular formula is C24H32FN3O4S. The molecule has 0 spiro atoms. The molecule has 1 N–H and O–H groups in total. The fourth-order valence-electron chi connectivity index (χ4n) is 3.45. The zero-order chi connectivity index (χ0) is 24.4. The van der Waals surface area contributed by atoms with Crippen molar-refractivity contribution in [2.75, 3.05) is 23.7 Å². The van der Waals surface area contributed by atoms with Crippen molar-refractivity contribution in [2.24, 2.45) is 0 Å². The highest BCUT2D eigenvalue weighted by Gasteiger charge is 2.31. The number of unbranched alkanes of at least 4 members (excludes halogenated alkanes) is 1. The Morgan fingerprint density at radius 3 is 2.33 bits per heavy atom. The van der Waals surface area contributed by atoms with Crippen molar-refractivity contribution in [3.63, 3.8) is 0 Å². The molecule has 7 nitrogen and oxygen atoms in total. The summed E-state index contributed by atoms with van der Waals surface area (Å²) in [7, 11) is -3.89. The first-order valence-corrected chi connectivity index (χ1v) is 12.9. The van der Waals surface area contributed by atoms with Gasteiger partial charge in [0.1, 0.15) is 18.4 Å². The van der Waals surface area contributed by atoms with Crippen molar-refractivity contribution in [2.45, 2.75) is 45.7 Å². The molecule has 33 heavy (non-hydrogen) atoms. The fraction of sp³-hybridized carbons (Fsp3) is 0.417. The minimum absolute atomic E-state index is 0.0472. The second-order valence-electron chi connectivity index (χ2n) is 7.83. The molecule has 0 unspecified atom stereocenters. The van der Waals surface area contributed by atoms with Crippen LogP contribution in [0.2, 0.25) is 0 Å². The van der Waals surface area contributed by atoms with Gasteiger partial charge in [0.05, 0.1) is 11.9 Å². The maximum Gasteiger partial charge on any atom is 0.244 e. The van der Waals surface area contributed by atoms with E-state index in [1.807, 2.05) is 37.3 Å². The number of hydrogen-bond donors (Lipinski definition) is 1. The van der Waals surface area contributed by atoms with Gasteiger partial charge in [0.2, 0.25) is 21.8 Å².